The zero-order valence-electron chi connectivity index (χ0n) is 15.7. The number of hydrogen-bond donors (Lipinski definition) is 2. The molecule has 4 rings (SSSR count). The molecule has 1 heterocycles. The Morgan fingerprint density at radius 3 is 2.76 bits per heavy atom. The van der Waals surface area contributed by atoms with E-state index in [4.69, 9.17) is 4.74 Å². The Kier molecular flexibility index (Phi) is 5.20. The lowest BCUT2D eigenvalue weighted by molar-refractivity contribution is -0.137. The fraction of sp³-hybridized carbons (Fsp3) is 0.273. The number of aliphatic carboxylic acids is 1. The van der Waals surface area contributed by atoms with Crippen molar-refractivity contribution in [2.75, 3.05) is 0 Å². The number of carbonyl (C=O) groups excluding carboxylic acids is 1. The minimum atomic E-state index is -0.946. The highest BCUT2D eigenvalue weighted by molar-refractivity contribution is 5.87. The lowest BCUT2D eigenvalue weighted by atomic mass is 9.91. The van der Waals surface area contributed by atoms with E-state index >= 15 is 0 Å². The number of carbonyl (C=O) groups is 2. The number of nitrogens with one attached hydrogen (secondary N) is 1. The van der Waals surface area contributed by atoms with Gasteiger partial charge in [-0.3, -0.25) is 4.79 Å². The largest absolute Gasteiger partial charge is 0.480 e. The minimum Gasteiger partial charge on any atom is -0.480 e. The van der Waals surface area contributed by atoms with Gasteiger partial charge in [-0.05, 0) is 48.6 Å². The van der Waals surface area contributed by atoms with Gasteiger partial charge in [0.1, 0.15) is 19.0 Å². The number of halogens is 1. The summed E-state index contributed by atoms with van der Waals surface area (Å²) in [6.07, 6.45) is 1.26. The van der Waals surface area contributed by atoms with Crippen molar-refractivity contribution in [3.63, 3.8) is 0 Å². The van der Waals surface area contributed by atoms with E-state index in [1.807, 2.05) is 30.3 Å². The molecule has 7 heteroatoms. The number of alkyl carbamates (subject to hydrolysis) is 1. The maximum absolute atomic E-state index is 13.8. The maximum atomic E-state index is 13.8. The number of rotatable bonds is 5. The molecule has 1 amide bonds. The van der Waals surface area contributed by atoms with Gasteiger partial charge in [0.25, 0.3) is 0 Å². The van der Waals surface area contributed by atoms with Gasteiger partial charge in [-0.25, -0.2) is 9.18 Å². The Bertz CT molecular complexity index is 1060. The molecule has 6 nitrogen and oxygen atoms in total. The number of fused-ring (bicyclic) bond motifs is 3. The molecule has 3 aromatic rings. The van der Waals surface area contributed by atoms with Crippen LogP contribution in [-0.4, -0.2) is 27.8 Å². The third-order valence-electron chi connectivity index (χ3n) is 5.26. The summed E-state index contributed by atoms with van der Waals surface area (Å²) in [6, 6.07) is 13.6. The van der Waals surface area contributed by atoms with E-state index in [9.17, 15) is 19.1 Å². The number of benzene rings is 2. The smallest absolute Gasteiger partial charge is 0.407 e. The number of carboxylic acids is 1. The molecule has 2 N–H and O–H groups in total. The lowest BCUT2D eigenvalue weighted by Crippen LogP contribution is -2.39. The molecular weight excluding hydrogens is 375 g/mol. The van der Waals surface area contributed by atoms with Crippen molar-refractivity contribution in [2.45, 2.75) is 38.5 Å². The highest BCUT2D eigenvalue weighted by Crippen LogP contribution is 2.33. The number of hydrogen-bond acceptors (Lipinski definition) is 3. The van der Waals surface area contributed by atoms with Gasteiger partial charge >= 0.3 is 12.1 Å². The molecule has 0 radical (unpaired) electrons. The molecule has 1 aliphatic rings. The van der Waals surface area contributed by atoms with Crippen LogP contribution >= 0.6 is 0 Å². The van der Waals surface area contributed by atoms with Crippen LogP contribution in [0.3, 0.4) is 0 Å². The van der Waals surface area contributed by atoms with Crippen molar-refractivity contribution in [1.82, 2.24) is 9.88 Å². The van der Waals surface area contributed by atoms with Crippen molar-refractivity contribution in [3.8, 4) is 0 Å². The highest BCUT2D eigenvalue weighted by Gasteiger charge is 2.27. The van der Waals surface area contributed by atoms with E-state index in [2.05, 4.69) is 5.32 Å². The zero-order chi connectivity index (χ0) is 20.4. The van der Waals surface area contributed by atoms with Crippen LogP contribution in [0, 0.1) is 5.82 Å². The highest BCUT2D eigenvalue weighted by atomic mass is 19.1. The molecule has 1 aromatic heterocycles. The van der Waals surface area contributed by atoms with Crippen molar-refractivity contribution in [3.05, 3.63) is 71.2 Å². The molecule has 0 bridgehead atoms. The molecule has 0 saturated carbocycles. The normalized spacial score (nSPS) is 15.7. The average molecular weight is 396 g/mol. The zero-order valence-corrected chi connectivity index (χ0v) is 15.7. The molecule has 1 unspecified atom stereocenters. The van der Waals surface area contributed by atoms with Crippen molar-refractivity contribution < 1.29 is 23.8 Å². The number of carboxylic acid groups (broad SMARTS) is 1. The first-order valence-corrected chi connectivity index (χ1v) is 9.50. The number of ether oxygens (including phenoxy) is 1. The van der Waals surface area contributed by atoms with Gasteiger partial charge in [-0.1, -0.05) is 30.3 Å². The van der Waals surface area contributed by atoms with E-state index in [0.717, 1.165) is 16.8 Å². The minimum absolute atomic E-state index is 0.155. The van der Waals surface area contributed by atoms with Crippen LogP contribution < -0.4 is 5.32 Å². The Morgan fingerprint density at radius 1 is 1.21 bits per heavy atom. The van der Waals surface area contributed by atoms with Crippen LogP contribution in [0.4, 0.5) is 9.18 Å². The Morgan fingerprint density at radius 2 is 2.00 bits per heavy atom. The quantitative estimate of drug-likeness (QED) is 0.690. The van der Waals surface area contributed by atoms with Gasteiger partial charge in [-0.15, -0.1) is 0 Å². The molecule has 2 aromatic carbocycles. The predicted octanol–water partition coefficient (Wildman–Crippen LogP) is 3.65. The summed E-state index contributed by atoms with van der Waals surface area (Å²) >= 11 is 0. The number of amides is 1. The molecule has 0 saturated heterocycles. The second kappa shape index (κ2) is 7.95. The predicted molar refractivity (Wildman–Crippen MR) is 105 cm³/mol. The Labute approximate surface area is 166 Å². The fourth-order valence-electron chi connectivity index (χ4n) is 3.99. The van der Waals surface area contributed by atoms with Crippen LogP contribution in [0.25, 0.3) is 10.9 Å². The van der Waals surface area contributed by atoms with Crippen LogP contribution in [-0.2, 0) is 35.5 Å². The standard InChI is InChI=1S/C22H21FN2O4/c23-15-6-8-19-17(10-15)18-11-16(7-9-20(18)25(19)12-21(26)27)24-22(28)29-13-14-4-2-1-3-5-14/h1-6,8,10,16H,7,9,11-13H2,(H,24,28)(H,26,27). The van der Waals surface area contributed by atoms with E-state index in [-0.39, 0.29) is 25.0 Å². The van der Waals surface area contributed by atoms with Crippen molar-refractivity contribution in [2.24, 2.45) is 0 Å². The van der Waals surface area contributed by atoms with Crippen LogP contribution in [0.15, 0.2) is 48.5 Å². The molecular formula is C22H21FN2O4. The van der Waals surface area contributed by atoms with Gasteiger partial charge < -0.3 is 19.7 Å². The Balaban J connectivity index is 1.50. The van der Waals surface area contributed by atoms with Crippen molar-refractivity contribution in [1.29, 1.82) is 0 Å². The summed E-state index contributed by atoms with van der Waals surface area (Å²) in [7, 11) is 0. The van der Waals surface area contributed by atoms with Gasteiger partial charge in [-0.2, -0.15) is 0 Å². The molecule has 0 aliphatic heterocycles. The van der Waals surface area contributed by atoms with Crippen LogP contribution in [0.1, 0.15) is 23.2 Å². The molecule has 150 valence electrons. The van der Waals surface area contributed by atoms with Gasteiger partial charge in [0.05, 0.1) is 0 Å². The third-order valence-corrected chi connectivity index (χ3v) is 5.26. The molecule has 0 fully saturated rings. The fourth-order valence-corrected chi connectivity index (χ4v) is 3.99. The second-order valence-corrected chi connectivity index (χ2v) is 7.21. The molecule has 1 aliphatic carbocycles. The summed E-state index contributed by atoms with van der Waals surface area (Å²) in [5, 5.41) is 12.8. The summed E-state index contributed by atoms with van der Waals surface area (Å²) in [5.41, 5.74) is 3.39. The van der Waals surface area contributed by atoms with Gasteiger partial charge in [0.2, 0.25) is 0 Å². The first kappa shape index (κ1) is 19.0. The van der Waals surface area contributed by atoms with Crippen LogP contribution in [0.2, 0.25) is 0 Å². The molecule has 0 spiro atoms. The molecule has 29 heavy (non-hydrogen) atoms. The van der Waals surface area contributed by atoms with Gasteiger partial charge in [0, 0.05) is 22.6 Å². The lowest BCUT2D eigenvalue weighted by Gasteiger charge is -2.24. The summed E-state index contributed by atoms with van der Waals surface area (Å²) in [5.74, 6) is -1.32. The SMILES string of the molecule is O=C(O)Cn1c2c(c3cc(F)ccc31)CC(NC(=O)OCc1ccccc1)CC2. The summed E-state index contributed by atoms with van der Waals surface area (Å²) in [4.78, 5) is 23.5. The van der Waals surface area contributed by atoms with E-state index in [0.29, 0.717) is 30.2 Å². The van der Waals surface area contributed by atoms with Gasteiger partial charge in [0.15, 0.2) is 0 Å². The maximum Gasteiger partial charge on any atom is 0.407 e. The second-order valence-electron chi connectivity index (χ2n) is 7.21. The van der Waals surface area contributed by atoms with E-state index < -0.39 is 12.1 Å². The third kappa shape index (κ3) is 4.08. The van der Waals surface area contributed by atoms with Crippen LogP contribution in [0.5, 0.6) is 0 Å². The monoisotopic (exact) mass is 396 g/mol. The average Bonchev–Trinajstić information content (AvgIpc) is 2.99. The molecule has 1 atom stereocenters. The summed E-state index contributed by atoms with van der Waals surface area (Å²) < 4.78 is 20.9. The first-order valence-electron chi connectivity index (χ1n) is 9.50. The number of nitrogens with zero attached hydrogens (tertiary/aromatic N) is 1. The Hall–Kier alpha value is -3.35. The van der Waals surface area contributed by atoms with E-state index in [1.165, 1.54) is 12.1 Å². The summed E-state index contributed by atoms with van der Waals surface area (Å²) in [6.45, 7) is 0.0163. The topological polar surface area (TPSA) is 80.6 Å². The number of aromatic nitrogens is 1. The van der Waals surface area contributed by atoms with E-state index in [1.54, 1.807) is 10.6 Å². The van der Waals surface area contributed by atoms with Crippen molar-refractivity contribution >= 4 is 23.0 Å². The first-order chi connectivity index (χ1) is 14.0.